The number of anilines is 1. The molecule has 2 aromatic rings. The van der Waals surface area contributed by atoms with Gasteiger partial charge in [0, 0.05) is 31.6 Å². The third kappa shape index (κ3) is 3.91. The highest BCUT2D eigenvalue weighted by Crippen LogP contribution is 2.41. The molecule has 0 bridgehead atoms. The minimum atomic E-state index is -3.11. The summed E-state index contributed by atoms with van der Waals surface area (Å²) >= 11 is 1.86. The molecule has 8 heteroatoms. The topological polar surface area (TPSA) is 66.4 Å². The zero-order chi connectivity index (χ0) is 20.1. The second kappa shape index (κ2) is 7.54. The zero-order valence-corrected chi connectivity index (χ0v) is 18.9. The summed E-state index contributed by atoms with van der Waals surface area (Å²) in [5.41, 5.74) is 1.48. The number of piperidine rings is 1. The first kappa shape index (κ1) is 20.0. The Bertz CT molecular complexity index is 978. The number of sulfonamides is 1. The second-order valence-corrected chi connectivity index (χ2v) is 11.8. The van der Waals surface area contributed by atoms with E-state index >= 15 is 0 Å². The molecule has 0 N–H and O–H groups in total. The molecule has 154 valence electrons. The molecule has 28 heavy (non-hydrogen) atoms. The molecule has 2 aromatic heterocycles. The highest BCUT2D eigenvalue weighted by molar-refractivity contribution is 7.88. The van der Waals surface area contributed by atoms with Crippen LogP contribution in [0, 0.1) is 18.8 Å². The molecule has 0 amide bonds. The van der Waals surface area contributed by atoms with Crippen molar-refractivity contribution in [2.75, 3.05) is 37.8 Å². The van der Waals surface area contributed by atoms with E-state index in [0.29, 0.717) is 12.5 Å². The average Bonchev–Trinajstić information content (AvgIpc) is 2.97. The maximum Gasteiger partial charge on any atom is 0.210 e. The summed E-state index contributed by atoms with van der Waals surface area (Å²) < 4.78 is 24.9. The maximum absolute atomic E-state index is 11.7. The van der Waals surface area contributed by atoms with Crippen molar-refractivity contribution in [1.29, 1.82) is 0 Å². The van der Waals surface area contributed by atoms with Crippen molar-refractivity contribution in [2.24, 2.45) is 11.8 Å². The van der Waals surface area contributed by atoms with Gasteiger partial charge in [-0.2, -0.15) is 0 Å². The fraction of sp³-hybridized carbons (Fsp3) is 0.700. The zero-order valence-electron chi connectivity index (χ0n) is 17.2. The van der Waals surface area contributed by atoms with Gasteiger partial charge in [-0.05, 0) is 56.4 Å². The van der Waals surface area contributed by atoms with E-state index in [-0.39, 0.29) is 0 Å². The summed E-state index contributed by atoms with van der Waals surface area (Å²) in [6, 6.07) is 0. The van der Waals surface area contributed by atoms with Crippen LogP contribution >= 0.6 is 11.3 Å². The summed E-state index contributed by atoms with van der Waals surface area (Å²) in [5.74, 6) is 3.10. The van der Waals surface area contributed by atoms with Crippen LogP contribution in [0.5, 0.6) is 0 Å². The molecule has 1 unspecified atom stereocenters. The average molecular weight is 423 g/mol. The number of hydrogen-bond acceptors (Lipinski definition) is 6. The van der Waals surface area contributed by atoms with Crippen molar-refractivity contribution in [3.8, 4) is 0 Å². The molecule has 2 aliphatic rings. The Kier molecular flexibility index (Phi) is 5.39. The van der Waals surface area contributed by atoms with Crippen molar-refractivity contribution in [3.63, 3.8) is 0 Å². The molecule has 1 saturated heterocycles. The van der Waals surface area contributed by atoms with Crippen molar-refractivity contribution in [2.45, 2.75) is 46.0 Å². The number of thiophene rings is 1. The minimum absolute atomic E-state index is 0.409. The molecule has 3 heterocycles. The Morgan fingerprint density at radius 1 is 1.21 bits per heavy atom. The minimum Gasteiger partial charge on any atom is -0.356 e. The van der Waals surface area contributed by atoms with Gasteiger partial charge in [-0.15, -0.1) is 11.3 Å². The van der Waals surface area contributed by atoms with E-state index in [9.17, 15) is 8.42 Å². The lowest BCUT2D eigenvalue weighted by Crippen LogP contribution is -2.39. The quantitative estimate of drug-likeness (QED) is 0.757. The first-order valence-corrected chi connectivity index (χ1v) is 12.8. The number of aromatic nitrogens is 2. The first-order valence-electron chi connectivity index (χ1n) is 10.2. The van der Waals surface area contributed by atoms with Crippen LogP contribution in [-0.2, 0) is 22.9 Å². The Hall–Kier alpha value is -1.25. The van der Waals surface area contributed by atoms with Crippen LogP contribution in [0.3, 0.4) is 0 Å². The van der Waals surface area contributed by atoms with Gasteiger partial charge in [-0.25, -0.2) is 22.7 Å². The molecule has 1 aliphatic carbocycles. The van der Waals surface area contributed by atoms with E-state index in [4.69, 9.17) is 9.97 Å². The van der Waals surface area contributed by atoms with Crippen molar-refractivity contribution >= 4 is 37.4 Å². The van der Waals surface area contributed by atoms with Crippen LogP contribution in [0.25, 0.3) is 10.2 Å². The van der Waals surface area contributed by atoms with Crippen LogP contribution in [0.4, 0.5) is 5.82 Å². The number of fused-ring (bicyclic) bond motifs is 3. The van der Waals surface area contributed by atoms with E-state index in [0.717, 1.165) is 61.2 Å². The Balaban J connectivity index is 1.57. The van der Waals surface area contributed by atoms with Gasteiger partial charge in [0.25, 0.3) is 0 Å². The highest BCUT2D eigenvalue weighted by atomic mass is 32.2. The lowest BCUT2D eigenvalue weighted by Gasteiger charge is -2.34. The molecule has 4 rings (SSSR count). The Labute approximate surface area is 172 Å². The van der Waals surface area contributed by atoms with E-state index in [1.807, 2.05) is 18.3 Å². The van der Waals surface area contributed by atoms with Gasteiger partial charge < -0.3 is 4.90 Å². The van der Waals surface area contributed by atoms with Gasteiger partial charge >= 0.3 is 0 Å². The van der Waals surface area contributed by atoms with Crippen molar-refractivity contribution < 1.29 is 8.42 Å². The SMILES string of the molecule is Cc1nc(N2CCC(CN(C)S(C)(=O)=O)CC2)c2c3c(sc2n1)CC(C)CC3. The number of rotatable bonds is 4. The maximum atomic E-state index is 11.7. The lowest BCUT2D eigenvalue weighted by atomic mass is 9.89. The third-order valence-corrected chi connectivity index (χ3v) is 8.67. The predicted molar refractivity (Wildman–Crippen MR) is 116 cm³/mol. The highest BCUT2D eigenvalue weighted by Gasteiger charge is 2.28. The summed E-state index contributed by atoms with van der Waals surface area (Å²) in [6.07, 6.45) is 6.80. The van der Waals surface area contributed by atoms with Crippen LogP contribution in [0.15, 0.2) is 0 Å². The molecule has 6 nitrogen and oxygen atoms in total. The summed E-state index contributed by atoms with van der Waals surface area (Å²) in [5, 5.41) is 1.28. The van der Waals surface area contributed by atoms with Crippen LogP contribution in [0.2, 0.25) is 0 Å². The van der Waals surface area contributed by atoms with E-state index in [2.05, 4.69) is 11.8 Å². The van der Waals surface area contributed by atoms with Gasteiger partial charge in [0.15, 0.2) is 0 Å². The summed E-state index contributed by atoms with van der Waals surface area (Å²) in [4.78, 5) is 14.7. The first-order chi connectivity index (χ1) is 13.2. The summed E-state index contributed by atoms with van der Waals surface area (Å²) in [6.45, 7) is 6.78. The molecular weight excluding hydrogens is 392 g/mol. The molecule has 0 aromatic carbocycles. The Morgan fingerprint density at radius 3 is 2.61 bits per heavy atom. The molecule has 0 radical (unpaired) electrons. The standard InChI is InChI=1S/C20H30N4O2S2/c1-13-5-6-16-17(11-13)27-20-18(16)19(21-14(2)22-20)24-9-7-15(8-10-24)12-23(3)28(4,25)26/h13,15H,5-12H2,1-4H3. The Morgan fingerprint density at radius 2 is 1.93 bits per heavy atom. The van der Waals surface area contributed by atoms with Crippen LogP contribution < -0.4 is 4.90 Å². The molecule has 1 aliphatic heterocycles. The van der Waals surface area contributed by atoms with Crippen LogP contribution in [-0.4, -0.2) is 55.6 Å². The smallest absolute Gasteiger partial charge is 0.210 e. The normalized spacial score (nSPS) is 21.5. The number of aryl methyl sites for hydroxylation is 2. The fourth-order valence-electron chi connectivity index (χ4n) is 4.48. The monoisotopic (exact) mass is 422 g/mol. The lowest BCUT2D eigenvalue weighted by molar-refractivity contribution is 0.329. The van der Waals surface area contributed by atoms with Crippen molar-refractivity contribution in [3.05, 3.63) is 16.3 Å². The number of nitrogens with zero attached hydrogens (tertiary/aromatic N) is 4. The van der Waals surface area contributed by atoms with Gasteiger partial charge in [-0.1, -0.05) is 6.92 Å². The molecular formula is C20H30N4O2S2. The third-order valence-electron chi connectivity index (χ3n) is 6.24. The van der Waals surface area contributed by atoms with Gasteiger partial charge in [0.1, 0.15) is 16.5 Å². The van der Waals surface area contributed by atoms with E-state index in [1.165, 1.54) is 32.8 Å². The summed E-state index contributed by atoms with van der Waals surface area (Å²) in [7, 11) is -1.43. The van der Waals surface area contributed by atoms with Gasteiger partial charge in [-0.3, -0.25) is 0 Å². The van der Waals surface area contributed by atoms with Gasteiger partial charge in [0.2, 0.25) is 10.0 Å². The van der Waals surface area contributed by atoms with Crippen LogP contribution in [0.1, 0.15) is 42.5 Å². The van der Waals surface area contributed by atoms with Gasteiger partial charge in [0.05, 0.1) is 11.6 Å². The van der Waals surface area contributed by atoms with E-state index in [1.54, 1.807) is 7.05 Å². The fourth-order valence-corrected chi connectivity index (χ4v) is 6.39. The number of hydrogen-bond donors (Lipinski definition) is 0. The second-order valence-electron chi connectivity index (χ2n) is 8.60. The van der Waals surface area contributed by atoms with E-state index < -0.39 is 10.0 Å². The molecule has 1 atom stereocenters. The molecule has 0 spiro atoms. The molecule has 0 saturated carbocycles. The van der Waals surface area contributed by atoms with Crippen molar-refractivity contribution in [1.82, 2.24) is 14.3 Å². The largest absolute Gasteiger partial charge is 0.356 e. The molecule has 1 fully saturated rings. The predicted octanol–water partition coefficient (Wildman–Crippen LogP) is 3.23.